The molecule has 8 heteroatoms. The zero-order chi connectivity index (χ0) is 30.5. The highest BCUT2D eigenvalue weighted by atomic mass is 16.5. The largest absolute Gasteiger partial charge is 0.497 e. The number of likely N-dealkylation sites (tertiary alicyclic amines) is 1. The molecule has 3 aromatic rings. The number of carbonyl (C=O) groups is 2. The average molecular weight is 596 g/mol. The molecule has 232 valence electrons. The molecule has 44 heavy (non-hydrogen) atoms. The van der Waals surface area contributed by atoms with Crippen LogP contribution in [0.1, 0.15) is 68.4 Å². The second-order valence-electron chi connectivity index (χ2n) is 12.7. The van der Waals surface area contributed by atoms with Gasteiger partial charge in [-0.1, -0.05) is 37.1 Å². The molecule has 1 unspecified atom stereocenters. The summed E-state index contributed by atoms with van der Waals surface area (Å²) in [6.45, 7) is 4.67. The van der Waals surface area contributed by atoms with Crippen molar-refractivity contribution < 1.29 is 14.3 Å². The van der Waals surface area contributed by atoms with Gasteiger partial charge in [0.15, 0.2) is 0 Å². The van der Waals surface area contributed by atoms with Crippen LogP contribution in [-0.2, 0) is 16.1 Å². The number of hydrogen-bond donors (Lipinski definition) is 1. The van der Waals surface area contributed by atoms with Gasteiger partial charge in [-0.2, -0.15) is 0 Å². The fourth-order valence-corrected chi connectivity index (χ4v) is 7.16. The summed E-state index contributed by atoms with van der Waals surface area (Å²) >= 11 is 0. The first kappa shape index (κ1) is 30.0. The maximum atomic E-state index is 13.4. The summed E-state index contributed by atoms with van der Waals surface area (Å²) in [6.07, 6.45) is 10.5. The third kappa shape index (κ3) is 7.01. The molecule has 2 aromatic carbocycles. The number of pyridine rings is 1. The van der Waals surface area contributed by atoms with Crippen LogP contribution in [-0.4, -0.2) is 55.0 Å². The van der Waals surface area contributed by atoms with Gasteiger partial charge >= 0.3 is 0 Å². The molecule has 0 spiro atoms. The van der Waals surface area contributed by atoms with Crippen molar-refractivity contribution in [3.63, 3.8) is 0 Å². The minimum absolute atomic E-state index is 0.0947. The van der Waals surface area contributed by atoms with Crippen molar-refractivity contribution in [1.82, 2.24) is 9.88 Å². The van der Waals surface area contributed by atoms with Crippen molar-refractivity contribution in [3.8, 4) is 5.75 Å². The van der Waals surface area contributed by atoms with Gasteiger partial charge in [-0.25, -0.2) is 4.98 Å². The average Bonchev–Trinajstić information content (AvgIpc) is 3.07. The fraction of sp³-hybridized carbons (Fsp3) is 0.472. The lowest BCUT2D eigenvalue weighted by molar-refractivity contribution is -0.150. The molecule has 2 amide bonds. The topological polar surface area (TPSA) is 92.0 Å². The summed E-state index contributed by atoms with van der Waals surface area (Å²) in [6, 6.07) is 20.0. The molecule has 0 saturated carbocycles. The molecule has 0 aliphatic carbocycles. The van der Waals surface area contributed by atoms with E-state index in [-0.39, 0.29) is 17.7 Å². The number of methoxy groups -OCH3 is 1. The Morgan fingerprint density at radius 2 is 1.36 bits per heavy atom. The second kappa shape index (κ2) is 13.7. The molecule has 3 aliphatic rings. The smallest absolute Gasteiger partial charge is 0.237 e. The van der Waals surface area contributed by atoms with Crippen LogP contribution in [0.25, 0.3) is 0 Å². The SMILES string of the molecule is COc1ccc(CN2C(=O)CCC(c3ccc(N4CCC(CCC5CCN(c6ccc(N)nc6)CC5)CC4)cc3)C2=O)cc1. The van der Waals surface area contributed by atoms with Crippen molar-refractivity contribution in [2.75, 3.05) is 48.8 Å². The Bertz CT molecular complexity index is 1390. The van der Waals surface area contributed by atoms with Crippen LogP contribution in [0.2, 0.25) is 0 Å². The number of amides is 2. The molecule has 3 aliphatic heterocycles. The predicted molar refractivity (Wildman–Crippen MR) is 175 cm³/mol. The number of anilines is 3. The highest BCUT2D eigenvalue weighted by Gasteiger charge is 2.35. The van der Waals surface area contributed by atoms with E-state index < -0.39 is 0 Å². The molecule has 6 rings (SSSR count). The maximum Gasteiger partial charge on any atom is 0.237 e. The fourth-order valence-electron chi connectivity index (χ4n) is 7.16. The van der Waals surface area contributed by atoms with E-state index in [0.717, 1.165) is 54.9 Å². The zero-order valence-electron chi connectivity index (χ0n) is 25.9. The van der Waals surface area contributed by atoms with Crippen LogP contribution in [0, 0.1) is 11.8 Å². The molecule has 3 fully saturated rings. The lowest BCUT2D eigenvalue weighted by atomic mass is 9.85. The number of benzene rings is 2. The van der Waals surface area contributed by atoms with Crippen molar-refractivity contribution in [3.05, 3.63) is 78.0 Å². The highest BCUT2D eigenvalue weighted by molar-refractivity contribution is 6.01. The standard InChI is InChI=1S/C36H45N5O3/c1-44-32-11-4-28(5-12-32)25-41-35(42)15-13-33(36(41)43)29-6-8-30(9-7-29)39-20-16-26(17-21-39)2-3-27-18-22-40(23-19-27)31-10-14-34(37)38-24-31/h4-12,14,24,26-27,33H,2-3,13,15-23,25H2,1H3,(H2,37,38). The van der Waals surface area contributed by atoms with Crippen molar-refractivity contribution >= 4 is 29.0 Å². The van der Waals surface area contributed by atoms with E-state index in [1.54, 1.807) is 7.11 Å². The predicted octanol–water partition coefficient (Wildman–Crippen LogP) is 6.02. The van der Waals surface area contributed by atoms with Gasteiger partial charge in [-0.3, -0.25) is 14.5 Å². The summed E-state index contributed by atoms with van der Waals surface area (Å²) in [4.78, 5) is 36.7. The number of nitrogens with two attached hydrogens (primary N) is 1. The normalized spacial score (nSPS) is 20.3. The first-order valence-corrected chi connectivity index (χ1v) is 16.3. The van der Waals surface area contributed by atoms with E-state index >= 15 is 0 Å². The quantitative estimate of drug-likeness (QED) is 0.303. The van der Waals surface area contributed by atoms with Crippen molar-refractivity contribution in [2.24, 2.45) is 11.8 Å². The second-order valence-corrected chi connectivity index (χ2v) is 12.7. The number of imide groups is 1. The summed E-state index contributed by atoms with van der Waals surface area (Å²) in [5.41, 5.74) is 10.1. The monoisotopic (exact) mass is 595 g/mol. The third-order valence-electron chi connectivity index (χ3n) is 10.0. The molecule has 0 radical (unpaired) electrons. The first-order chi connectivity index (χ1) is 21.5. The number of hydrogen-bond acceptors (Lipinski definition) is 7. The molecule has 3 saturated heterocycles. The van der Waals surface area contributed by atoms with Gasteiger partial charge in [0.25, 0.3) is 0 Å². The van der Waals surface area contributed by atoms with Gasteiger partial charge < -0.3 is 20.3 Å². The van der Waals surface area contributed by atoms with Crippen LogP contribution < -0.4 is 20.3 Å². The summed E-state index contributed by atoms with van der Waals surface area (Å²) in [7, 11) is 1.62. The Hall–Kier alpha value is -4.07. The molecule has 4 heterocycles. The van der Waals surface area contributed by atoms with Crippen LogP contribution in [0.3, 0.4) is 0 Å². The van der Waals surface area contributed by atoms with E-state index in [1.165, 1.54) is 54.8 Å². The van der Waals surface area contributed by atoms with E-state index in [1.807, 2.05) is 36.5 Å². The van der Waals surface area contributed by atoms with Gasteiger partial charge in [0.2, 0.25) is 11.8 Å². The number of nitrogens with zero attached hydrogens (tertiary/aromatic N) is 4. The molecule has 0 bridgehead atoms. The van der Waals surface area contributed by atoms with E-state index in [9.17, 15) is 9.59 Å². The van der Waals surface area contributed by atoms with Gasteiger partial charge in [0.05, 0.1) is 31.5 Å². The van der Waals surface area contributed by atoms with Gasteiger partial charge in [-0.15, -0.1) is 0 Å². The van der Waals surface area contributed by atoms with Crippen molar-refractivity contribution in [2.45, 2.75) is 63.8 Å². The number of aromatic nitrogens is 1. The van der Waals surface area contributed by atoms with Gasteiger partial charge in [0, 0.05) is 38.3 Å². The number of piperidine rings is 3. The molecule has 1 aromatic heterocycles. The molecule has 1 atom stereocenters. The van der Waals surface area contributed by atoms with Crippen LogP contribution in [0.15, 0.2) is 66.9 Å². The molecule has 8 nitrogen and oxygen atoms in total. The van der Waals surface area contributed by atoms with E-state index in [2.05, 4.69) is 45.1 Å². The lowest BCUT2D eigenvalue weighted by Crippen LogP contribution is -2.43. The van der Waals surface area contributed by atoms with Gasteiger partial charge in [0.1, 0.15) is 11.6 Å². The molecule has 2 N–H and O–H groups in total. The van der Waals surface area contributed by atoms with Crippen LogP contribution >= 0.6 is 0 Å². The van der Waals surface area contributed by atoms with Crippen molar-refractivity contribution in [1.29, 1.82) is 0 Å². The Kier molecular flexibility index (Phi) is 9.34. The lowest BCUT2D eigenvalue weighted by Gasteiger charge is -2.36. The Morgan fingerprint density at radius 1 is 0.773 bits per heavy atom. The highest BCUT2D eigenvalue weighted by Crippen LogP contribution is 2.34. The maximum absolute atomic E-state index is 13.4. The third-order valence-corrected chi connectivity index (χ3v) is 10.0. The van der Waals surface area contributed by atoms with Crippen LogP contribution in [0.4, 0.5) is 17.2 Å². The van der Waals surface area contributed by atoms with E-state index in [0.29, 0.717) is 25.2 Å². The number of rotatable bonds is 9. The number of nitrogen functional groups attached to an aromatic ring is 1. The summed E-state index contributed by atoms with van der Waals surface area (Å²) < 4.78 is 5.23. The van der Waals surface area contributed by atoms with E-state index in [4.69, 9.17) is 10.5 Å². The Morgan fingerprint density at radius 3 is 1.93 bits per heavy atom. The zero-order valence-corrected chi connectivity index (χ0v) is 25.9. The Balaban J connectivity index is 0.955. The Labute approximate surface area is 261 Å². The van der Waals surface area contributed by atoms with Crippen LogP contribution in [0.5, 0.6) is 5.75 Å². The minimum Gasteiger partial charge on any atom is -0.497 e. The first-order valence-electron chi connectivity index (χ1n) is 16.3. The van der Waals surface area contributed by atoms with Gasteiger partial charge in [-0.05, 0) is 91.5 Å². The minimum atomic E-state index is -0.277. The summed E-state index contributed by atoms with van der Waals surface area (Å²) in [5.74, 6) is 2.49. The summed E-state index contributed by atoms with van der Waals surface area (Å²) in [5, 5.41) is 0. The molecular formula is C36H45N5O3. The number of ether oxygens (including phenoxy) is 1. The number of carbonyl (C=O) groups excluding carboxylic acids is 2. The molecular weight excluding hydrogens is 550 g/mol.